The number of nitrogens with zero attached hydrogens (tertiary/aromatic N) is 5. The number of benzene rings is 1. The van der Waals surface area contributed by atoms with Gasteiger partial charge in [-0.1, -0.05) is 12.6 Å². The summed E-state index contributed by atoms with van der Waals surface area (Å²) in [7, 11) is -3.00. The predicted octanol–water partition coefficient (Wildman–Crippen LogP) is 2.97. The van der Waals surface area contributed by atoms with Gasteiger partial charge in [-0.15, -0.1) is 0 Å². The summed E-state index contributed by atoms with van der Waals surface area (Å²) in [5.41, 5.74) is 4.39. The molecule has 5 aliphatic rings. The van der Waals surface area contributed by atoms with Gasteiger partial charge >= 0.3 is 0 Å². The molecule has 5 heterocycles. The third-order valence-electron chi connectivity index (χ3n) is 9.17. The van der Waals surface area contributed by atoms with Crippen molar-refractivity contribution < 1.29 is 17.9 Å². The molecule has 1 N–H and O–H groups in total. The quantitative estimate of drug-likeness (QED) is 0.549. The van der Waals surface area contributed by atoms with Crippen LogP contribution in [0.4, 0.5) is 17.3 Å². The Kier molecular flexibility index (Phi) is 6.27. The van der Waals surface area contributed by atoms with Crippen molar-refractivity contribution in [2.75, 3.05) is 61.0 Å². The molecule has 2 atom stereocenters. The molecule has 1 saturated carbocycles. The molecule has 1 aromatic heterocycles. The molecule has 11 heteroatoms. The Hall–Kier alpha value is -3.18. The van der Waals surface area contributed by atoms with E-state index in [1.54, 1.807) is 6.33 Å². The standard InChI is InChI=1S/C29H36N6O4S/c1-3-25(36)34-7-6-22(16-34)35-14-21(15-35)20-12-23(19-4-5-19)27-24(13-20)32-28-26(18(2)39-27)29(31-17-30-28)33-8-10-40(37,38)11-9-33/h3,12-13,17-19,21-22H,1,4-11,14-16H2,2H3,(H,30,31,32)/t18-,22?/m1/s1. The number of hydrogen-bond acceptors (Lipinski definition) is 9. The normalized spacial score (nSPS) is 26.1. The molecule has 1 aliphatic carbocycles. The maximum Gasteiger partial charge on any atom is 0.246 e. The lowest BCUT2D eigenvalue weighted by Gasteiger charge is -2.43. The first-order valence-corrected chi connectivity index (χ1v) is 16.2. The van der Waals surface area contributed by atoms with Gasteiger partial charge in [-0.05, 0) is 55.4 Å². The van der Waals surface area contributed by atoms with Crippen LogP contribution in [0, 0.1) is 0 Å². The molecule has 4 aliphatic heterocycles. The van der Waals surface area contributed by atoms with Gasteiger partial charge in [0.2, 0.25) is 5.91 Å². The Labute approximate surface area is 235 Å². The maximum absolute atomic E-state index is 12.0. The van der Waals surface area contributed by atoms with Crippen LogP contribution in [0.3, 0.4) is 0 Å². The number of ether oxygens (including phenoxy) is 1. The van der Waals surface area contributed by atoms with Crippen molar-refractivity contribution in [1.82, 2.24) is 19.8 Å². The zero-order chi connectivity index (χ0) is 27.6. The third-order valence-corrected chi connectivity index (χ3v) is 10.8. The number of aromatic nitrogens is 2. The van der Waals surface area contributed by atoms with Crippen LogP contribution in [-0.2, 0) is 14.6 Å². The highest BCUT2D eigenvalue weighted by Gasteiger charge is 2.40. The molecule has 1 aromatic carbocycles. The summed E-state index contributed by atoms with van der Waals surface area (Å²) in [5, 5.41) is 3.60. The summed E-state index contributed by atoms with van der Waals surface area (Å²) in [6.07, 6.45) is 6.03. The number of sulfone groups is 1. The van der Waals surface area contributed by atoms with Gasteiger partial charge in [0.25, 0.3) is 0 Å². The molecule has 1 unspecified atom stereocenters. The van der Waals surface area contributed by atoms with Crippen molar-refractivity contribution in [1.29, 1.82) is 0 Å². The molecule has 7 rings (SSSR count). The minimum absolute atomic E-state index is 0.0253. The van der Waals surface area contributed by atoms with Crippen LogP contribution in [0.1, 0.15) is 60.8 Å². The van der Waals surface area contributed by atoms with E-state index in [9.17, 15) is 13.2 Å². The molecule has 4 fully saturated rings. The van der Waals surface area contributed by atoms with Crippen LogP contribution < -0.4 is 15.0 Å². The van der Waals surface area contributed by atoms with Crippen LogP contribution in [0.15, 0.2) is 31.1 Å². The van der Waals surface area contributed by atoms with E-state index in [1.165, 1.54) is 30.0 Å². The molecule has 2 aromatic rings. The molecule has 0 spiro atoms. The summed E-state index contributed by atoms with van der Waals surface area (Å²) >= 11 is 0. The fourth-order valence-electron chi connectivity index (χ4n) is 6.62. The first-order valence-electron chi connectivity index (χ1n) is 14.4. The summed E-state index contributed by atoms with van der Waals surface area (Å²) in [6, 6.07) is 4.99. The molecular weight excluding hydrogens is 528 g/mol. The number of nitrogens with one attached hydrogen (secondary N) is 1. The van der Waals surface area contributed by atoms with E-state index in [0.29, 0.717) is 31.0 Å². The maximum atomic E-state index is 12.0. The van der Waals surface area contributed by atoms with Gasteiger partial charge in [-0.25, -0.2) is 18.4 Å². The monoisotopic (exact) mass is 564 g/mol. The number of amides is 1. The smallest absolute Gasteiger partial charge is 0.246 e. The zero-order valence-corrected chi connectivity index (χ0v) is 23.7. The summed E-state index contributed by atoms with van der Waals surface area (Å²) in [5.74, 6) is 3.59. The van der Waals surface area contributed by atoms with Gasteiger partial charge in [0.15, 0.2) is 9.84 Å². The van der Waals surface area contributed by atoms with E-state index < -0.39 is 9.84 Å². The van der Waals surface area contributed by atoms with Crippen molar-refractivity contribution in [3.8, 4) is 5.75 Å². The minimum Gasteiger partial charge on any atom is -0.483 e. The largest absolute Gasteiger partial charge is 0.483 e. The van der Waals surface area contributed by atoms with E-state index >= 15 is 0 Å². The number of fused-ring (bicyclic) bond motifs is 2. The van der Waals surface area contributed by atoms with Gasteiger partial charge in [0, 0.05) is 51.2 Å². The van der Waals surface area contributed by atoms with E-state index in [-0.39, 0.29) is 23.5 Å². The second kappa shape index (κ2) is 9.73. The molecule has 10 nitrogen and oxygen atoms in total. The van der Waals surface area contributed by atoms with E-state index in [0.717, 1.165) is 61.2 Å². The van der Waals surface area contributed by atoms with E-state index in [1.807, 2.05) is 16.7 Å². The molecule has 212 valence electrons. The Bertz CT molecular complexity index is 1460. The highest BCUT2D eigenvalue weighted by Crippen LogP contribution is 2.52. The lowest BCUT2D eigenvalue weighted by Crippen LogP contribution is -2.51. The predicted molar refractivity (Wildman–Crippen MR) is 153 cm³/mol. The number of carbonyl (C=O) groups excluding carboxylic acids is 1. The van der Waals surface area contributed by atoms with Crippen molar-refractivity contribution in [3.05, 3.63) is 47.8 Å². The van der Waals surface area contributed by atoms with Crippen molar-refractivity contribution in [3.63, 3.8) is 0 Å². The Morgan fingerprint density at radius 2 is 1.85 bits per heavy atom. The van der Waals surface area contributed by atoms with Crippen LogP contribution in [0.25, 0.3) is 0 Å². The summed E-state index contributed by atoms with van der Waals surface area (Å²) in [4.78, 5) is 27.7. The second-order valence-electron chi connectivity index (χ2n) is 11.8. The van der Waals surface area contributed by atoms with Crippen molar-refractivity contribution in [2.45, 2.75) is 50.2 Å². The average Bonchev–Trinajstić information content (AvgIpc) is 3.67. The molecule has 40 heavy (non-hydrogen) atoms. The van der Waals surface area contributed by atoms with Crippen molar-refractivity contribution >= 4 is 33.1 Å². The van der Waals surface area contributed by atoms with Gasteiger partial charge in [-0.2, -0.15) is 0 Å². The number of hydrogen-bond donors (Lipinski definition) is 1. The third kappa shape index (κ3) is 4.62. The minimum atomic E-state index is -3.00. The van der Waals surface area contributed by atoms with Crippen LogP contribution >= 0.6 is 0 Å². The first kappa shape index (κ1) is 25.8. The first-order chi connectivity index (χ1) is 19.3. The van der Waals surface area contributed by atoms with Gasteiger partial charge in [0.05, 0.1) is 22.8 Å². The van der Waals surface area contributed by atoms with Crippen molar-refractivity contribution in [2.24, 2.45) is 0 Å². The van der Waals surface area contributed by atoms with Gasteiger partial charge in [0.1, 0.15) is 29.8 Å². The average molecular weight is 565 g/mol. The van der Waals surface area contributed by atoms with Gasteiger partial charge < -0.3 is 19.9 Å². The lowest BCUT2D eigenvalue weighted by atomic mass is 9.87. The van der Waals surface area contributed by atoms with E-state index in [4.69, 9.17) is 4.74 Å². The molecule has 0 radical (unpaired) electrons. The fraction of sp³-hybridized carbons (Fsp3) is 0.552. The lowest BCUT2D eigenvalue weighted by molar-refractivity contribution is -0.125. The Morgan fingerprint density at radius 1 is 1.07 bits per heavy atom. The van der Waals surface area contributed by atoms with Crippen LogP contribution in [-0.4, -0.2) is 90.9 Å². The number of anilines is 3. The highest BCUT2D eigenvalue weighted by atomic mass is 32.2. The molecule has 1 amide bonds. The summed E-state index contributed by atoms with van der Waals surface area (Å²) in [6.45, 7) is 10.1. The molecular formula is C29H36N6O4S. The number of carbonyl (C=O) groups is 1. The highest BCUT2D eigenvalue weighted by molar-refractivity contribution is 7.91. The Morgan fingerprint density at radius 3 is 2.58 bits per heavy atom. The molecule has 3 saturated heterocycles. The summed E-state index contributed by atoms with van der Waals surface area (Å²) < 4.78 is 30.8. The Balaban J connectivity index is 1.14. The van der Waals surface area contributed by atoms with Crippen LogP contribution in [0.5, 0.6) is 5.75 Å². The van der Waals surface area contributed by atoms with Crippen LogP contribution in [0.2, 0.25) is 0 Å². The number of rotatable bonds is 5. The van der Waals surface area contributed by atoms with Gasteiger partial charge in [-0.3, -0.25) is 9.69 Å². The zero-order valence-electron chi connectivity index (χ0n) is 22.9. The fourth-order valence-corrected chi connectivity index (χ4v) is 7.82. The molecule has 0 bridgehead atoms. The topological polar surface area (TPSA) is 108 Å². The second-order valence-corrected chi connectivity index (χ2v) is 14.1. The number of likely N-dealkylation sites (tertiary alicyclic amines) is 2. The SMILES string of the molecule is C=CC(=O)N1CCC(N2CC(c3cc4c(c(C5CC5)c3)O[C@H](C)c3c(ncnc3N3CCS(=O)(=O)CC3)N4)C2)C1. The van der Waals surface area contributed by atoms with E-state index in [2.05, 4.69) is 38.9 Å².